The highest BCUT2D eigenvalue weighted by Gasteiger charge is 2.11. The number of hydrogen-bond donors (Lipinski definition) is 0. The lowest BCUT2D eigenvalue weighted by molar-refractivity contribution is 0.0773. The van der Waals surface area contributed by atoms with Gasteiger partial charge >= 0.3 is 0 Å². The summed E-state index contributed by atoms with van der Waals surface area (Å²) >= 11 is 0. The van der Waals surface area contributed by atoms with Crippen molar-refractivity contribution in [1.82, 2.24) is 9.88 Å². The number of nitrogens with zero attached hydrogens (tertiary/aromatic N) is 2. The molecule has 104 valence electrons. The van der Waals surface area contributed by atoms with Gasteiger partial charge in [0.15, 0.2) is 0 Å². The number of hydrogen-bond acceptors (Lipinski definition) is 3. The van der Waals surface area contributed by atoms with Gasteiger partial charge < -0.3 is 9.64 Å². The maximum absolute atomic E-state index is 12.7. The van der Waals surface area contributed by atoms with E-state index >= 15 is 0 Å². The molecular weight excluding hydrogens is 259 g/mol. The molecule has 0 unspecified atom stereocenters. The second-order valence-electron chi connectivity index (χ2n) is 4.27. The van der Waals surface area contributed by atoms with Crippen molar-refractivity contribution in [2.45, 2.75) is 0 Å². The molecule has 0 bridgehead atoms. The van der Waals surface area contributed by atoms with Crippen molar-refractivity contribution >= 4 is 5.91 Å². The lowest BCUT2D eigenvalue weighted by atomic mass is 10.2. The van der Waals surface area contributed by atoms with Crippen LogP contribution in [0.15, 0.2) is 48.8 Å². The molecule has 0 atom stereocenters. The van der Waals surface area contributed by atoms with Gasteiger partial charge in [-0.25, -0.2) is 4.39 Å². The number of ether oxygens (including phenoxy) is 1. The summed E-state index contributed by atoms with van der Waals surface area (Å²) in [6.07, 6.45) is 3.15. The van der Waals surface area contributed by atoms with Crippen LogP contribution >= 0.6 is 0 Å². The van der Waals surface area contributed by atoms with Crippen molar-refractivity contribution in [3.05, 3.63) is 60.2 Å². The standard InChI is InChI=1S/C15H15FN2O2/c1-18(15(19)12-3-2-8-17-11-12)9-10-20-14-6-4-13(16)5-7-14/h2-8,11H,9-10H2,1H3. The molecule has 0 aliphatic heterocycles. The van der Waals surface area contributed by atoms with E-state index in [2.05, 4.69) is 4.98 Å². The van der Waals surface area contributed by atoms with E-state index in [4.69, 9.17) is 4.74 Å². The lowest BCUT2D eigenvalue weighted by Crippen LogP contribution is -2.30. The van der Waals surface area contributed by atoms with Crippen molar-refractivity contribution in [2.24, 2.45) is 0 Å². The summed E-state index contributed by atoms with van der Waals surface area (Å²) in [5, 5.41) is 0. The van der Waals surface area contributed by atoms with Crippen molar-refractivity contribution < 1.29 is 13.9 Å². The van der Waals surface area contributed by atoms with Gasteiger partial charge in [-0.1, -0.05) is 0 Å². The van der Waals surface area contributed by atoms with Crippen LogP contribution in [0.1, 0.15) is 10.4 Å². The van der Waals surface area contributed by atoms with Crippen LogP contribution < -0.4 is 4.74 Å². The zero-order valence-corrected chi connectivity index (χ0v) is 11.1. The molecule has 0 N–H and O–H groups in total. The summed E-state index contributed by atoms with van der Waals surface area (Å²) in [6.45, 7) is 0.777. The maximum atomic E-state index is 12.7. The van der Waals surface area contributed by atoms with Crippen LogP contribution in [0.4, 0.5) is 4.39 Å². The fourth-order valence-corrected chi connectivity index (χ4v) is 1.64. The Bertz CT molecular complexity index is 558. The molecule has 2 aromatic rings. The summed E-state index contributed by atoms with van der Waals surface area (Å²) in [7, 11) is 1.70. The molecule has 0 saturated heterocycles. The summed E-state index contributed by atoms with van der Waals surface area (Å²) in [6, 6.07) is 9.21. The molecule has 5 heteroatoms. The van der Waals surface area contributed by atoms with Gasteiger partial charge in [0.2, 0.25) is 0 Å². The van der Waals surface area contributed by atoms with Gasteiger partial charge in [-0.2, -0.15) is 0 Å². The van der Waals surface area contributed by atoms with Crippen LogP contribution in [-0.4, -0.2) is 36.0 Å². The first-order valence-electron chi connectivity index (χ1n) is 6.20. The number of likely N-dealkylation sites (N-methyl/N-ethyl adjacent to an activating group) is 1. The Morgan fingerprint density at radius 2 is 2.05 bits per heavy atom. The topological polar surface area (TPSA) is 42.4 Å². The van der Waals surface area contributed by atoms with E-state index in [0.717, 1.165) is 0 Å². The molecular formula is C15H15FN2O2. The van der Waals surface area contributed by atoms with Crippen molar-refractivity contribution in [3.8, 4) is 5.75 Å². The first-order valence-corrected chi connectivity index (χ1v) is 6.20. The Labute approximate surface area is 116 Å². The van der Waals surface area contributed by atoms with Gasteiger partial charge in [0.25, 0.3) is 5.91 Å². The molecule has 0 aliphatic carbocycles. The highest BCUT2D eigenvalue weighted by Crippen LogP contribution is 2.11. The van der Waals surface area contributed by atoms with Gasteiger partial charge in [0, 0.05) is 19.4 Å². The third-order valence-electron chi connectivity index (χ3n) is 2.76. The van der Waals surface area contributed by atoms with Crippen LogP contribution in [0.25, 0.3) is 0 Å². The predicted molar refractivity (Wildman–Crippen MR) is 73.1 cm³/mol. The number of carbonyl (C=O) groups is 1. The molecule has 0 saturated carbocycles. The van der Waals surface area contributed by atoms with Crippen LogP contribution in [-0.2, 0) is 0 Å². The quantitative estimate of drug-likeness (QED) is 0.840. The number of benzene rings is 1. The zero-order chi connectivity index (χ0) is 14.4. The van der Waals surface area contributed by atoms with Gasteiger partial charge in [-0.3, -0.25) is 9.78 Å². The highest BCUT2D eigenvalue weighted by atomic mass is 19.1. The minimum atomic E-state index is -0.304. The van der Waals surface area contributed by atoms with Gasteiger partial charge in [-0.15, -0.1) is 0 Å². The van der Waals surface area contributed by atoms with Crippen molar-refractivity contribution in [1.29, 1.82) is 0 Å². The molecule has 4 nitrogen and oxygen atoms in total. The second-order valence-corrected chi connectivity index (χ2v) is 4.27. The number of pyridine rings is 1. The molecule has 20 heavy (non-hydrogen) atoms. The van der Waals surface area contributed by atoms with Crippen molar-refractivity contribution in [2.75, 3.05) is 20.2 Å². The summed E-state index contributed by atoms with van der Waals surface area (Å²) in [5.41, 5.74) is 0.539. The normalized spacial score (nSPS) is 10.1. The number of amides is 1. The molecule has 0 radical (unpaired) electrons. The Balaban J connectivity index is 1.82. The molecule has 1 heterocycles. The smallest absolute Gasteiger partial charge is 0.255 e. The van der Waals surface area contributed by atoms with Crippen LogP contribution in [0.2, 0.25) is 0 Å². The molecule has 1 aromatic heterocycles. The SMILES string of the molecule is CN(CCOc1ccc(F)cc1)C(=O)c1cccnc1. The second kappa shape index (κ2) is 6.65. The fourth-order valence-electron chi connectivity index (χ4n) is 1.64. The number of aromatic nitrogens is 1. The van der Waals surface area contributed by atoms with E-state index in [0.29, 0.717) is 24.5 Å². The first-order chi connectivity index (χ1) is 9.66. The summed E-state index contributed by atoms with van der Waals surface area (Å²) in [5.74, 6) is 0.163. The summed E-state index contributed by atoms with van der Waals surface area (Å²) in [4.78, 5) is 17.5. The molecule has 2 rings (SSSR count). The van der Waals surface area contributed by atoms with Crippen LogP contribution in [0.5, 0.6) is 5.75 Å². The summed E-state index contributed by atoms with van der Waals surface area (Å²) < 4.78 is 18.2. The fraction of sp³-hybridized carbons (Fsp3) is 0.200. The van der Waals surface area contributed by atoms with E-state index < -0.39 is 0 Å². The molecule has 0 spiro atoms. The van der Waals surface area contributed by atoms with Crippen molar-refractivity contribution in [3.63, 3.8) is 0 Å². The average molecular weight is 274 g/mol. The Morgan fingerprint density at radius 3 is 2.70 bits per heavy atom. The molecule has 1 amide bonds. The predicted octanol–water partition coefficient (Wildman–Crippen LogP) is 2.37. The Morgan fingerprint density at radius 1 is 1.30 bits per heavy atom. The lowest BCUT2D eigenvalue weighted by Gasteiger charge is -2.17. The Kier molecular flexibility index (Phi) is 4.65. The molecule has 1 aromatic carbocycles. The van der Waals surface area contributed by atoms with E-state index in [9.17, 15) is 9.18 Å². The minimum Gasteiger partial charge on any atom is -0.492 e. The van der Waals surface area contributed by atoms with E-state index in [1.807, 2.05) is 0 Å². The largest absolute Gasteiger partial charge is 0.492 e. The van der Waals surface area contributed by atoms with Crippen LogP contribution in [0, 0.1) is 5.82 Å². The number of rotatable bonds is 5. The highest BCUT2D eigenvalue weighted by molar-refractivity contribution is 5.93. The first kappa shape index (κ1) is 14.0. The van der Waals surface area contributed by atoms with Gasteiger partial charge in [0.05, 0.1) is 12.1 Å². The molecule has 0 aliphatic rings. The zero-order valence-electron chi connectivity index (χ0n) is 11.1. The Hall–Kier alpha value is -2.43. The number of carbonyl (C=O) groups excluding carboxylic acids is 1. The monoisotopic (exact) mass is 274 g/mol. The third kappa shape index (κ3) is 3.78. The van der Waals surface area contributed by atoms with Gasteiger partial charge in [0.1, 0.15) is 18.2 Å². The van der Waals surface area contributed by atoms with E-state index in [-0.39, 0.29) is 11.7 Å². The maximum Gasteiger partial charge on any atom is 0.255 e. The van der Waals surface area contributed by atoms with Crippen LogP contribution in [0.3, 0.4) is 0 Å². The van der Waals surface area contributed by atoms with E-state index in [1.54, 1.807) is 42.4 Å². The number of halogens is 1. The van der Waals surface area contributed by atoms with Gasteiger partial charge in [-0.05, 0) is 36.4 Å². The third-order valence-corrected chi connectivity index (χ3v) is 2.76. The van der Waals surface area contributed by atoms with E-state index in [1.165, 1.54) is 18.3 Å². The average Bonchev–Trinajstić information content (AvgIpc) is 2.49. The minimum absolute atomic E-state index is 0.110. The molecule has 0 fully saturated rings.